The second-order valence-electron chi connectivity index (χ2n) is 5.83. The Morgan fingerprint density at radius 2 is 1.54 bits per heavy atom. The monoisotopic (exact) mass is 347 g/mol. The topological polar surface area (TPSA) is 86.6 Å². The number of carboxylic acid groups (broad SMARTS) is 1. The fourth-order valence-electron chi connectivity index (χ4n) is 2.58. The molecule has 2 atom stereocenters. The van der Waals surface area contributed by atoms with E-state index < -0.39 is 19.5 Å². The summed E-state index contributed by atoms with van der Waals surface area (Å²) in [5.41, 5.74) is 2.11. The maximum absolute atomic E-state index is 12.2. The van der Waals surface area contributed by atoms with E-state index in [9.17, 15) is 14.3 Å². The van der Waals surface area contributed by atoms with E-state index >= 15 is 0 Å². The lowest BCUT2D eigenvalue weighted by Crippen LogP contribution is -2.34. The van der Waals surface area contributed by atoms with Gasteiger partial charge < -0.3 is 15.3 Å². The molecule has 2 rings (SSSR count). The second kappa shape index (κ2) is 8.78. The summed E-state index contributed by atoms with van der Waals surface area (Å²) in [6, 6.07) is 19.1. The second-order valence-corrected chi connectivity index (χ2v) is 8.21. The van der Waals surface area contributed by atoms with Crippen LogP contribution in [0, 0.1) is 0 Å². The summed E-state index contributed by atoms with van der Waals surface area (Å²) >= 11 is 0. The number of hydrogen-bond acceptors (Lipinski definition) is 3. The van der Waals surface area contributed by atoms with Gasteiger partial charge in [-0.2, -0.15) is 0 Å². The zero-order chi connectivity index (χ0) is 17.4. The summed E-state index contributed by atoms with van der Waals surface area (Å²) in [4.78, 5) is 20.7. The van der Waals surface area contributed by atoms with Crippen LogP contribution in [-0.4, -0.2) is 34.3 Å². The van der Waals surface area contributed by atoms with Crippen molar-refractivity contribution >= 4 is 13.3 Å². The molecule has 0 aliphatic rings. The summed E-state index contributed by atoms with van der Waals surface area (Å²) in [6.45, 7) is 0.561. The maximum atomic E-state index is 12.2. The van der Waals surface area contributed by atoms with Gasteiger partial charge in [0.05, 0.1) is 0 Å². The molecular formula is C18H22NO4P. The summed E-state index contributed by atoms with van der Waals surface area (Å²) < 4.78 is 12.2. The highest BCUT2D eigenvalue weighted by Gasteiger charge is 2.27. The fourth-order valence-corrected chi connectivity index (χ4v) is 4.08. The molecule has 1 unspecified atom stereocenters. The van der Waals surface area contributed by atoms with E-state index in [-0.39, 0.29) is 12.2 Å². The van der Waals surface area contributed by atoms with Gasteiger partial charge in [0, 0.05) is 18.7 Å². The van der Waals surface area contributed by atoms with Crippen LogP contribution >= 0.6 is 7.37 Å². The molecule has 24 heavy (non-hydrogen) atoms. The molecule has 3 N–H and O–H groups in total. The predicted octanol–water partition coefficient (Wildman–Crippen LogP) is 2.74. The zero-order valence-corrected chi connectivity index (χ0v) is 14.2. The van der Waals surface area contributed by atoms with E-state index in [1.807, 2.05) is 60.7 Å². The minimum atomic E-state index is -3.73. The molecule has 128 valence electrons. The molecule has 0 aromatic heterocycles. The normalized spacial score (nSPS) is 14.7. The van der Waals surface area contributed by atoms with Crippen molar-refractivity contribution in [1.29, 1.82) is 0 Å². The molecule has 0 saturated carbocycles. The van der Waals surface area contributed by atoms with Gasteiger partial charge in [0.15, 0.2) is 0 Å². The maximum Gasteiger partial charge on any atom is 0.313 e. The van der Waals surface area contributed by atoms with Crippen LogP contribution in [0.5, 0.6) is 0 Å². The van der Waals surface area contributed by atoms with Crippen molar-refractivity contribution in [2.45, 2.75) is 19.0 Å². The minimum Gasteiger partial charge on any atom is -0.481 e. The van der Waals surface area contributed by atoms with E-state index in [1.54, 1.807) is 0 Å². The van der Waals surface area contributed by atoms with E-state index in [1.165, 1.54) is 0 Å². The largest absolute Gasteiger partial charge is 0.481 e. The van der Waals surface area contributed by atoms with Crippen molar-refractivity contribution < 1.29 is 19.4 Å². The first-order chi connectivity index (χ1) is 11.4. The van der Waals surface area contributed by atoms with Gasteiger partial charge in [-0.3, -0.25) is 9.36 Å². The smallest absolute Gasteiger partial charge is 0.313 e. The van der Waals surface area contributed by atoms with Crippen LogP contribution in [0.2, 0.25) is 0 Å². The Kier molecular flexibility index (Phi) is 6.73. The third-order valence-electron chi connectivity index (χ3n) is 3.65. The average Bonchev–Trinajstić information content (AvgIpc) is 2.53. The molecule has 0 amide bonds. The number of hydrogen-bond donors (Lipinski definition) is 3. The van der Waals surface area contributed by atoms with Gasteiger partial charge >= 0.3 is 5.97 Å². The van der Waals surface area contributed by atoms with Gasteiger partial charge in [0.25, 0.3) is 0 Å². The molecule has 0 spiro atoms. The third-order valence-corrected chi connectivity index (χ3v) is 5.43. The lowest BCUT2D eigenvalue weighted by atomic mass is 10.1. The van der Waals surface area contributed by atoms with Gasteiger partial charge in [-0.25, -0.2) is 0 Å². The highest BCUT2D eigenvalue weighted by atomic mass is 31.2. The molecule has 0 aliphatic carbocycles. The van der Waals surface area contributed by atoms with E-state index in [2.05, 4.69) is 5.32 Å². The highest BCUT2D eigenvalue weighted by Crippen LogP contribution is 2.41. The third kappa shape index (κ3) is 6.67. The van der Waals surface area contributed by atoms with Crippen LogP contribution in [0.4, 0.5) is 0 Å². The molecule has 0 aliphatic heterocycles. The van der Waals surface area contributed by atoms with Crippen molar-refractivity contribution in [2.75, 3.05) is 12.3 Å². The molecule has 5 nitrogen and oxygen atoms in total. The van der Waals surface area contributed by atoms with E-state index in [0.29, 0.717) is 13.0 Å². The Morgan fingerprint density at radius 1 is 1.00 bits per heavy atom. The van der Waals surface area contributed by atoms with Gasteiger partial charge in [0.1, 0.15) is 6.16 Å². The fraction of sp³-hybridized carbons (Fsp3) is 0.278. The summed E-state index contributed by atoms with van der Waals surface area (Å²) in [5, 5.41) is 12.1. The van der Waals surface area contributed by atoms with Crippen LogP contribution in [0.1, 0.15) is 11.1 Å². The number of rotatable bonds is 9. The molecule has 0 fully saturated rings. The van der Waals surface area contributed by atoms with Crippen LogP contribution in [0.15, 0.2) is 60.7 Å². The summed E-state index contributed by atoms with van der Waals surface area (Å²) in [5.74, 6) is -1.25. The number of carboxylic acids is 1. The van der Waals surface area contributed by atoms with Gasteiger partial charge in [-0.15, -0.1) is 0 Å². The van der Waals surface area contributed by atoms with Gasteiger partial charge in [-0.1, -0.05) is 60.7 Å². The quantitative estimate of drug-likeness (QED) is 0.607. The molecule has 0 bridgehead atoms. The average molecular weight is 347 g/mol. The van der Waals surface area contributed by atoms with Crippen LogP contribution < -0.4 is 5.32 Å². The Labute approximate surface area is 141 Å². The van der Waals surface area contributed by atoms with Crippen molar-refractivity contribution in [2.24, 2.45) is 0 Å². The Bertz CT molecular complexity index is 691. The van der Waals surface area contributed by atoms with Crippen LogP contribution in [0.25, 0.3) is 0 Å². The van der Waals surface area contributed by atoms with Crippen molar-refractivity contribution in [3.05, 3.63) is 71.8 Å². The first-order valence-corrected chi connectivity index (χ1v) is 9.81. The van der Waals surface area contributed by atoms with Crippen molar-refractivity contribution in [1.82, 2.24) is 5.32 Å². The molecule has 6 heteroatoms. The minimum absolute atomic E-state index is 0.0684. The SMILES string of the molecule is O=C(O)CP(=O)(O)C[C@H](Cc1ccccc1)NCc1ccccc1. The molecule has 2 aromatic carbocycles. The lowest BCUT2D eigenvalue weighted by Gasteiger charge is -2.21. The Hall–Kier alpha value is -1.94. The number of nitrogens with one attached hydrogen (secondary N) is 1. The van der Waals surface area contributed by atoms with Crippen LogP contribution in [-0.2, 0) is 22.3 Å². The standard InChI is InChI=1S/C18H22NO4P/c20-18(21)14-24(22,23)13-17(11-15-7-3-1-4-8-15)19-12-16-9-5-2-6-10-16/h1-10,17,19H,11-14H2,(H,20,21)(H,22,23)/t17-/m0/s1. The molecule has 0 heterocycles. The highest BCUT2D eigenvalue weighted by molar-refractivity contribution is 7.59. The zero-order valence-electron chi connectivity index (χ0n) is 13.3. The Balaban J connectivity index is 2.05. The summed E-state index contributed by atoms with van der Waals surface area (Å²) in [7, 11) is -3.73. The number of carbonyl (C=O) groups is 1. The summed E-state index contributed by atoms with van der Waals surface area (Å²) in [6.07, 6.45) is -0.204. The van der Waals surface area contributed by atoms with E-state index in [4.69, 9.17) is 5.11 Å². The first-order valence-electron chi connectivity index (χ1n) is 7.78. The Morgan fingerprint density at radius 3 is 2.08 bits per heavy atom. The molecular weight excluding hydrogens is 325 g/mol. The predicted molar refractivity (Wildman–Crippen MR) is 94.4 cm³/mol. The van der Waals surface area contributed by atoms with Crippen LogP contribution in [0.3, 0.4) is 0 Å². The lowest BCUT2D eigenvalue weighted by molar-refractivity contribution is -0.134. The number of aliphatic carboxylic acids is 1. The van der Waals surface area contributed by atoms with Crippen molar-refractivity contribution in [3.63, 3.8) is 0 Å². The first kappa shape index (κ1) is 18.4. The molecule has 2 aromatic rings. The van der Waals surface area contributed by atoms with Gasteiger partial charge in [0.2, 0.25) is 7.37 Å². The molecule has 0 radical (unpaired) electrons. The number of benzene rings is 2. The molecule has 0 saturated heterocycles. The van der Waals surface area contributed by atoms with Gasteiger partial charge in [-0.05, 0) is 17.5 Å². The van der Waals surface area contributed by atoms with E-state index in [0.717, 1.165) is 11.1 Å². The van der Waals surface area contributed by atoms with Crippen molar-refractivity contribution in [3.8, 4) is 0 Å².